The van der Waals surface area contributed by atoms with Gasteiger partial charge in [-0.3, -0.25) is 0 Å². The Hall–Kier alpha value is -0.870. The first-order valence-electron chi connectivity index (χ1n) is 7.87. The van der Waals surface area contributed by atoms with Gasteiger partial charge in [-0.15, -0.1) is 0 Å². The van der Waals surface area contributed by atoms with E-state index in [4.69, 9.17) is 5.73 Å². The van der Waals surface area contributed by atoms with Crippen LogP contribution >= 0.6 is 0 Å². The number of aryl methyl sites for hydroxylation is 1. The zero-order chi connectivity index (χ0) is 15.1. The second kappa shape index (κ2) is 8.42. The highest BCUT2D eigenvalue weighted by molar-refractivity contribution is 5.08. The number of hydrogen-bond donors (Lipinski definition) is 1. The predicted octanol–water partition coefficient (Wildman–Crippen LogP) is 2.70. The smallest absolute Gasteiger partial charge is 0.0948 e. The minimum atomic E-state index is 0.413. The molecule has 0 fully saturated rings. The quantitative estimate of drug-likeness (QED) is 0.708. The van der Waals surface area contributed by atoms with Gasteiger partial charge in [0.25, 0.3) is 0 Å². The van der Waals surface area contributed by atoms with Crippen LogP contribution in [-0.4, -0.2) is 40.6 Å². The lowest BCUT2D eigenvalue weighted by molar-refractivity contribution is 0.266. The lowest BCUT2D eigenvalue weighted by Gasteiger charge is -2.22. The molecule has 1 unspecified atom stereocenters. The van der Waals surface area contributed by atoms with Gasteiger partial charge in [0.15, 0.2) is 0 Å². The summed E-state index contributed by atoms with van der Waals surface area (Å²) in [5, 5.41) is 0. The number of nitrogens with two attached hydrogens (primary N) is 1. The van der Waals surface area contributed by atoms with Crippen LogP contribution in [0.25, 0.3) is 0 Å². The molecule has 0 aliphatic heterocycles. The maximum Gasteiger partial charge on any atom is 0.0948 e. The van der Waals surface area contributed by atoms with Crippen molar-refractivity contribution in [1.29, 1.82) is 0 Å². The molecule has 0 amide bonds. The second-order valence-corrected chi connectivity index (χ2v) is 6.38. The Kier molecular flexibility index (Phi) is 7.24. The van der Waals surface area contributed by atoms with Crippen LogP contribution < -0.4 is 5.73 Å². The summed E-state index contributed by atoms with van der Waals surface area (Å²) < 4.78 is 2.28. The van der Waals surface area contributed by atoms with Crippen LogP contribution in [0.3, 0.4) is 0 Å². The van der Waals surface area contributed by atoms with Crippen molar-refractivity contribution < 1.29 is 0 Å². The van der Waals surface area contributed by atoms with Gasteiger partial charge >= 0.3 is 0 Å². The highest BCUT2D eigenvalue weighted by atomic mass is 15.1. The highest BCUT2D eigenvalue weighted by Gasteiger charge is 2.17. The molecule has 0 aliphatic carbocycles. The van der Waals surface area contributed by atoms with Gasteiger partial charge in [-0.1, -0.05) is 13.8 Å². The maximum absolute atomic E-state index is 5.91. The molecule has 20 heavy (non-hydrogen) atoms. The summed E-state index contributed by atoms with van der Waals surface area (Å²) in [5.74, 6) is 0.971. The van der Waals surface area contributed by atoms with Crippen LogP contribution in [0.4, 0.5) is 0 Å². The van der Waals surface area contributed by atoms with Gasteiger partial charge in [-0.2, -0.15) is 0 Å². The van der Waals surface area contributed by atoms with Gasteiger partial charge in [0.2, 0.25) is 0 Å². The van der Waals surface area contributed by atoms with Crippen molar-refractivity contribution in [3.8, 4) is 0 Å². The summed E-state index contributed by atoms with van der Waals surface area (Å²) >= 11 is 0. The average Bonchev–Trinajstić information content (AvgIpc) is 2.83. The first-order chi connectivity index (χ1) is 9.47. The topological polar surface area (TPSA) is 47.1 Å². The van der Waals surface area contributed by atoms with Gasteiger partial charge in [0.1, 0.15) is 0 Å². The third-order valence-corrected chi connectivity index (χ3v) is 4.22. The lowest BCUT2D eigenvalue weighted by atomic mass is 9.93. The van der Waals surface area contributed by atoms with E-state index in [-0.39, 0.29) is 0 Å². The fourth-order valence-corrected chi connectivity index (χ4v) is 2.46. The summed E-state index contributed by atoms with van der Waals surface area (Å²) in [7, 11) is 2.19. The number of aromatic nitrogens is 2. The van der Waals surface area contributed by atoms with E-state index >= 15 is 0 Å². The number of unbranched alkanes of at least 4 members (excludes halogenated alkanes) is 1. The van der Waals surface area contributed by atoms with E-state index in [1.165, 1.54) is 18.5 Å². The number of imidazole rings is 1. The molecular weight excluding hydrogens is 248 g/mol. The summed E-state index contributed by atoms with van der Waals surface area (Å²) in [5.41, 5.74) is 7.21. The van der Waals surface area contributed by atoms with Crippen LogP contribution in [-0.2, 0) is 6.54 Å². The van der Waals surface area contributed by atoms with Gasteiger partial charge in [-0.25, -0.2) is 4.98 Å². The number of rotatable bonds is 9. The molecule has 1 heterocycles. The van der Waals surface area contributed by atoms with Gasteiger partial charge in [0, 0.05) is 36.9 Å². The monoisotopic (exact) mass is 280 g/mol. The van der Waals surface area contributed by atoms with E-state index in [0.717, 1.165) is 13.1 Å². The minimum absolute atomic E-state index is 0.413. The highest BCUT2D eigenvalue weighted by Crippen LogP contribution is 2.23. The van der Waals surface area contributed by atoms with Crippen LogP contribution in [0.1, 0.15) is 52.1 Å². The van der Waals surface area contributed by atoms with Gasteiger partial charge in [-0.05, 0) is 46.2 Å². The Morgan fingerprint density at radius 2 is 1.95 bits per heavy atom. The molecule has 1 aromatic heterocycles. The number of nitrogens with zero attached hydrogens (tertiary/aromatic N) is 3. The molecule has 4 heteroatoms. The minimum Gasteiger partial charge on any atom is -0.334 e. The molecule has 0 radical (unpaired) electrons. The molecule has 0 aliphatic rings. The third kappa shape index (κ3) is 4.91. The third-order valence-electron chi connectivity index (χ3n) is 4.22. The Labute approximate surface area is 124 Å². The molecule has 1 aromatic rings. The molecule has 4 nitrogen and oxygen atoms in total. The summed E-state index contributed by atoms with van der Waals surface area (Å²) in [6.07, 6.45) is 6.35. The van der Waals surface area contributed by atoms with E-state index in [0.29, 0.717) is 24.4 Å². The summed E-state index contributed by atoms with van der Waals surface area (Å²) in [6.45, 7) is 11.8. The molecule has 116 valence electrons. The van der Waals surface area contributed by atoms with Crippen molar-refractivity contribution in [2.45, 2.75) is 59.0 Å². The normalized spacial score (nSPS) is 13.7. The first-order valence-corrected chi connectivity index (χ1v) is 7.87. The zero-order valence-corrected chi connectivity index (χ0v) is 13.8. The van der Waals surface area contributed by atoms with Crippen molar-refractivity contribution in [1.82, 2.24) is 14.5 Å². The SMILES string of the molecule is CC(C)C(CN)c1cncn1CCCCN(C)C(C)C. The van der Waals surface area contributed by atoms with Crippen LogP contribution in [0, 0.1) is 5.92 Å². The van der Waals surface area contributed by atoms with E-state index in [2.05, 4.69) is 49.2 Å². The Bertz CT molecular complexity index is 370. The van der Waals surface area contributed by atoms with Crippen molar-refractivity contribution in [2.24, 2.45) is 11.7 Å². The Morgan fingerprint density at radius 3 is 2.50 bits per heavy atom. The summed E-state index contributed by atoms with van der Waals surface area (Å²) in [6, 6.07) is 0.626. The fraction of sp³-hybridized carbons (Fsp3) is 0.812. The molecule has 1 atom stereocenters. The molecule has 0 bridgehead atoms. The molecule has 0 saturated carbocycles. The zero-order valence-electron chi connectivity index (χ0n) is 13.8. The molecule has 2 N–H and O–H groups in total. The van der Waals surface area contributed by atoms with Crippen LogP contribution in [0.2, 0.25) is 0 Å². The van der Waals surface area contributed by atoms with Crippen molar-refractivity contribution in [3.63, 3.8) is 0 Å². The molecule has 0 saturated heterocycles. The van der Waals surface area contributed by atoms with Crippen LogP contribution in [0.5, 0.6) is 0 Å². The molecule has 0 aromatic carbocycles. The van der Waals surface area contributed by atoms with E-state index < -0.39 is 0 Å². The van der Waals surface area contributed by atoms with Crippen molar-refractivity contribution in [3.05, 3.63) is 18.2 Å². The predicted molar refractivity (Wildman–Crippen MR) is 85.9 cm³/mol. The van der Waals surface area contributed by atoms with Gasteiger partial charge in [0.05, 0.1) is 6.33 Å². The summed E-state index contributed by atoms with van der Waals surface area (Å²) in [4.78, 5) is 6.71. The van der Waals surface area contributed by atoms with E-state index in [9.17, 15) is 0 Å². The van der Waals surface area contributed by atoms with Crippen molar-refractivity contribution in [2.75, 3.05) is 20.1 Å². The maximum atomic E-state index is 5.91. The fourth-order valence-electron chi connectivity index (χ4n) is 2.46. The Balaban J connectivity index is 2.47. The van der Waals surface area contributed by atoms with Crippen molar-refractivity contribution >= 4 is 0 Å². The largest absolute Gasteiger partial charge is 0.334 e. The molecule has 0 spiro atoms. The standard InChI is InChI=1S/C16H32N4/c1-13(2)15(10-17)16-11-18-12-20(16)9-7-6-8-19(5)14(3)4/h11-15H,6-10,17H2,1-5H3. The average molecular weight is 280 g/mol. The second-order valence-electron chi connectivity index (χ2n) is 6.38. The van der Waals surface area contributed by atoms with Crippen LogP contribution in [0.15, 0.2) is 12.5 Å². The molecule has 1 rings (SSSR count). The lowest BCUT2D eigenvalue weighted by Crippen LogP contribution is -2.27. The number of hydrogen-bond acceptors (Lipinski definition) is 3. The molecular formula is C16H32N4. The first kappa shape index (κ1) is 17.2. The van der Waals surface area contributed by atoms with E-state index in [1.807, 2.05) is 12.5 Å². The van der Waals surface area contributed by atoms with Gasteiger partial charge < -0.3 is 15.2 Å². The Morgan fingerprint density at radius 1 is 1.25 bits per heavy atom. The van der Waals surface area contributed by atoms with E-state index in [1.54, 1.807) is 0 Å².